The normalized spacial score (nSPS) is 27.3. The Morgan fingerprint density at radius 1 is 1.39 bits per heavy atom. The summed E-state index contributed by atoms with van der Waals surface area (Å²) in [5, 5.41) is 13.3. The third-order valence-corrected chi connectivity index (χ3v) is 4.11. The lowest BCUT2D eigenvalue weighted by Crippen LogP contribution is -2.54. The summed E-state index contributed by atoms with van der Waals surface area (Å²) in [6.45, 7) is 6.38. The highest BCUT2D eigenvalue weighted by molar-refractivity contribution is 5.01. The molecule has 0 aromatic heterocycles. The van der Waals surface area contributed by atoms with Gasteiger partial charge in [-0.25, -0.2) is 0 Å². The molecule has 0 aromatic carbocycles. The fraction of sp³-hybridized carbons (Fsp3) is 1.00. The van der Waals surface area contributed by atoms with Crippen LogP contribution in [0.1, 0.15) is 32.6 Å². The van der Waals surface area contributed by atoms with Crippen LogP contribution in [-0.4, -0.2) is 50.2 Å². The quantitative estimate of drug-likeness (QED) is 0.651. The fourth-order valence-corrected chi connectivity index (χ4v) is 2.68. The molecule has 2 atom stereocenters. The summed E-state index contributed by atoms with van der Waals surface area (Å²) in [6, 6.07) is 0. The lowest BCUT2D eigenvalue weighted by atomic mass is 9.95. The maximum absolute atomic E-state index is 9.74. The minimum atomic E-state index is -0.199. The van der Waals surface area contributed by atoms with Crippen LogP contribution in [0.5, 0.6) is 0 Å². The van der Waals surface area contributed by atoms with Crippen LogP contribution in [0.4, 0.5) is 0 Å². The second-order valence-electron chi connectivity index (χ2n) is 5.76. The molecule has 1 saturated heterocycles. The van der Waals surface area contributed by atoms with Gasteiger partial charge in [-0.15, -0.1) is 0 Å². The van der Waals surface area contributed by atoms with Gasteiger partial charge >= 0.3 is 0 Å². The molecule has 4 heteroatoms. The summed E-state index contributed by atoms with van der Waals surface area (Å²) in [6.07, 6.45) is 4.63. The van der Waals surface area contributed by atoms with Crippen LogP contribution in [0.3, 0.4) is 0 Å². The topological polar surface area (TPSA) is 50.7 Å². The summed E-state index contributed by atoms with van der Waals surface area (Å²) in [7, 11) is 0. The van der Waals surface area contributed by atoms with E-state index < -0.39 is 0 Å². The molecule has 1 heterocycles. The van der Waals surface area contributed by atoms with Gasteiger partial charge in [-0.3, -0.25) is 0 Å². The van der Waals surface area contributed by atoms with Gasteiger partial charge in [-0.05, 0) is 38.1 Å². The number of ether oxygens (including phenoxy) is 2. The number of nitrogens with one attached hydrogen (secondary N) is 1. The molecule has 0 amide bonds. The first kappa shape index (κ1) is 14.3. The third-order valence-electron chi connectivity index (χ3n) is 4.11. The smallest absolute Gasteiger partial charge is 0.0679 e. The Balaban J connectivity index is 1.76. The van der Waals surface area contributed by atoms with Crippen molar-refractivity contribution in [2.24, 2.45) is 11.8 Å². The standard InChI is InChI=1S/C14H27NO3/c1-2-6-15-14(10-16,13-3-4-13)11-18-9-12-5-7-17-8-12/h12-13,15-16H,2-11H2,1H3. The minimum absolute atomic E-state index is 0.179. The van der Waals surface area contributed by atoms with Gasteiger partial charge < -0.3 is 19.9 Å². The molecule has 4 nitrogen and oxygen atoms in total. The van der Waals surface area contributed by atoms with E-state index in [1.165, 1.54) is 12.8 Å². The van der Waals surface area contributed by atoms with Crippen LogP contribution in [0.15, 0.2) is 0 Å². The summed E-state index contributed by atoms with van der Waals surface area (Å²) >= 11 is 0. The SMILES string of the molecule is CCCNC(CO)(COCC1CCOC1)C1CC1. The van der Waals surface area contributed by atoms with Crippen LogP contribution < -0.4 is 5.32 Å². The van der Waals surface area contributed by atoms with Gasteiger partial charge in [0, 0.05) is 12.5 Å². The van der Waals surface area contributed by atoms with E-state index in [1.807, 2.05) is 0 Å². The van der Waals surface area contributed by atoms with E-state index >= 15 is 0 Å². The van der Waals surface area contributed by atoms with E-state index in [9.17, 15) is 5.11 Å². The minimum Gasteiger partial charge on any atom is -0.394 e. The fourth-order valence-electron chi connectivity index (χ4n) is 2.68. The van der Waals surface area contributed by atoms with Crippen molar-refractivity contribution in [3.63, 3.8) is 0 Å². The van der Waals surface area contributed by atoms with Crippen molar-refractivity contribution in [2.75, 3.05) is 39.6 Å². The van der Waals surface area contributed by atoms with Gasteiger partial charge in [0.2, 0.25) is 0 Å². The van der Waals surface area contributed by atoms with Crippen molar-refractivity contribution >= 4 is 0 Å². The molecule has 18 heavy (non-hydrogen) atoms. The molecular formula is C14H27NO3. The average Bonchev–Trinajstić information content (AvgIpc) is 3.12. The van der Waals surface area contributed by atoms with Crippen LogP contribution in [0.2, 0.25) is 0 Å². The molecule has 106 valence electrons. The molecule has 0 radical (unpaired) electrons. The van der Waals surface area contributed by atoms with E-state index in [1.54, 1.807) is 0 Å². The Morgan fingerprint density at radius 3 is 2.78 bits per heavy atom. The van der Waals surface area contributed by atoms with E-state index in [2.05, 4.69) is 12.2 Å². The number of rotatable bonds is 9. The summed E-state index contributed by atoms with van der Waals surface area (Å²) in [5.41, 5.74) is -0.199. The highest BCUT2D eigenvalue weighted by atomic mass is 16.5. The molecule has 2 rings (SSSR count). The lowest BCUT2D eigenvalue weighted by molar-refractivity contribution is 0.00858. The molecule has 2 unspecified atom stereocenters. The third kappa shape index (κ3) is 3.67. The molecule has 2 N–H and O–H groups in total. The van der Waals surface area contributed by atoms with Gasteiger partial charge in [0.25, 0.3) is 0 Å². The zero-order chi connectivity index (χ0) is 12.8. The highest BCUT2D eigenvalue weighted by Gasteiger charge is 2.44. The maximum atomic E-state index is 9.74. The van der Waals surface area contributed by atoms with Crippen LogP contribution in [0.25, 0.3) is 0 Å². The molecule has 2 fully saturated rings. The first-order valence-corrected chi connectivity index (χ1v) is 7.32. The number of hydrogen-bond acceptors (Lipinski definition) is 4. The van der Waals surface area contributed by atoms with E-state index in [-0.39, 0.29) is 12.1 Å². The van der Waals surface area contributed by atoms with Crippen molar-refractivity contribution in [3.05, 3.63) is 0 Å². The Hall–Kier alpha value is -0.160. The molecule has 2 aliphatic rings. The van der Waals surface area contributed by atoms with Gasteiger partial charge in [0.15, 0.2) is 0 Å². The first-order valence-electron chi connectivity index (χ1n) is 7.32. The van der Waals surface area contributed by atoms with E-state index in [0.717, 1.165) is 39.2 Å². The Morgan fingerprint density at radius 2 is 2.22 bits per heavy atom. The number of aliphatic hydroxyl groups is 1. The summed E-state index contributed by atoms with van der Waals surface area (Å²) < 4.78 is 11.2. The lowest BCUT2D eigenvalue weighted by Gasteiger charge is -2.33. The number of hydrogen-bond donors (Lipinski definition) is 2. The second-order valence-corrected chi connectivity index (χ2v) is 5.76. The van der Waals surface area contributed by atoms with Crippen LogP contribution in [-0.2, 0) is 9.47 Å². The first-order chi connectivity index (χ1) is 8.80. The summed E-state index contributed by atoms with van der Waals surface area (Å²) in [5.74, 6) is 1.14. The Bertz CT molecular complexity index is 239. The number of aliphatic hydroxyl groups excluding tert-OH is 1. The van der Waals surface area contributed by atoms with Crippen molar-refractivity contribution in [1.82, 2.24) is 5.32 Å². The molecule has 1 aliphatic heterocycles. The van der Waals surface area contributed by atoms with Crippen molar-refractivity contribution in [1.29, 1.82) is 0 Å². The zero-order valence-electron chi connectivity index (χ0n) is 11.5. The van der Waals surface area contributed by atoms with E-state index in [4.69, 9.17) is 9.47 Å². The monoisotopic (exact) mass is 257 g/mol. The van der Waals surface area contributed by atoms with Gasteiger partial charge in [0.1, 0.15) is 0 Å². The maximum Gasteiger partial charge on any atom is 0.0679 e. The Labute approximate surface area is 110 Å². The van der Waals surface area contributed by atoms with Crippen molar-refractivity contribution < 1.29 is 14.6 Å². The van der Waals surface area contributed by atoms with Crippen molar-refractivity contribution in [2.45, 2.75) is 38.1 Å². The van der Waals surface area contributed by atoms with Gasteiger partial charge in [-0.2, -0.15) is 0 Å². The second kappa shape index (κ2) is 6.85. The van der Waals surface area contributed by atoms with Gasteiger partial charge in [-0.1, -0.05) is 6.92 Å². The van der Waals surface area contributed by atoms with E-state index in [0.29, 0.717) is 18.4 Å². The highest BCUT2D eigenvalue weighted by Crippen LogP contribution is 2.39. The summed E-state index contributed by atoms with van der Waals surface area (Å²) in [4.78, 5) is 0. The molecule has 0 aromatic rings. The zero-order valence-corrected chi connectivity index (χ0v) is 11.5. The average molecular weight is 257 g/mol. The predicted molar refractivity (Wildman–Crippen MR) is 70.6 cm³/mol. The van der Waals surface area contributed by atoms with Crippen LogP contribution in [0, 0.1) is 11.8 Å². The molecule has 0 bridgehead atoms. The largest absolute Gasteiger partial charge is 0.394 e. The molecule has 1 saturated carbocycles. The van der Waals surface area contributed by atoms with Crippen LogP contribution >= 0.6 is 0 Å². The predicted octanol–water partition coefficient (Wildman–Crippen LogP) is 1.18. The van der Waals surface area contributed by atoms with Gasteiger partial charge in [0.05, 0.1) is 32.0 Å². The molecule has 1 aliphatic carbocycles. The van der Waals surface area contributed by atoms with Crippen molar-refractivity contribution in [3.8, 4) is 0 Å². The molecule has 0 spiro atoms. The molecular weight excluding hydrogens is 230 g/mol. The Kier molecular flexibility index (Phi) is 5.42.